The van der Waals surface area contributed by atoms with E-state index in [9.17, 15) is 9.90 Å². The number of aromatic nitrogens is 4. The summed E-state index contributed by atoms with van der Waals surface area (Å²) < 4.78 is 1.70. The van der Waals surface area contributed by atoms with E-state index < -0.39 is 5.97 Å². The lowest BCUT2D eigenvalue weighted by Gasteiger charge is -2.06. The van der Waals surface area contributed by atoms with Crippen LogP contribution in [-0.2, 0) is 12.8 Å². The first-order valence-corrected chi connectivity index (χ1v) is 6.85. The Morgan fingerprint density at radius 3 is 3.10 bits per heavy atom. The number of aromatic carboxylic acids is 1. The highest BCUT2D eigenvalue weighted by atomic mass is 16.4. The molecule has 2 aromatic rings. The molecular weight excluding hydrogens is 256 g/mol. The lowest BCUT2D eigenvalue weighted by atomic mass is 10.1. The van der Waals surface area contributed by atoms with E-state index in [2.05, 4.69) is 15.1 Å². The van der Waals surface area contributed by atoms with Gasteiger partial charge < -0.3 is 5.11 Å². The van der Waals surface area contributed by atoms with Crippen molar-refractivity contribution in [2.24, 2.45) is 5.92 Å². The summed E-state index contributed by atoms with van der Waals surface area (Å²) in [4.78, 5) is 20.0. The minimum atomic E-state index is -0.957. The number of rotatable bonds is 3. The van der Waals surface area contributed by atoms with Crippen molar-refractivity contribution >= 4 is 5.97 Å². The summed E-state index contributed by atoms with van der Waals surface area (Å²) in [5, 5.41) is 13.6. The second kappa shape index (κ2) is 3.88. The van der Waals surface area contributed by atoms with Crippen LogP contribution in [0.1, 0.15) is 46.7 Å². The summed E-state index contributed by atoms with van der Waals surface area (Å²) >= 11 is 0. The standard InChI is InChI=1S/C14H14N4O2/c1-2-8-5-15-6-11(16-8)18-13-9-3-7(9)4-10(13)12(17-18)14(19)20/h5-7,9H,2-4H2,1H3,(H,19,20)/t7-,9-/m1/s1. The monoisotopic (exact) mass is 270 g/mol. The molecule has 0 bridgehead atoms. The van der Waals surface area contributed by atoms with Crippen molar-refractivity contribution in [3.8, 4) is 5.82 Å². The van der Waals surface area contributed by atoms with Crippen LogP contribution >= 0.6 is 0 Å². The SMILES string of the molecule is CCc1cncc(-n2nc(C(=O)O)c3c2[C@@H]2C[C@@H]2C3)n1. The summed E-state index contributed by atoms with van der Waals surface area (Å²) in [5.41, 5.74) is 2.99. The zero-order valence-electron chi connectivity index (χ0n) is 11.1. The molecule has 0 unspecified atom stereocenters. The van der Waals surface area contributed by atoms with Gasteiger partial charge in [0.25, 0.3) is 0 Å². The molecule has 6 nitrogen and oxygen atoms in total. The molecule has 2 aliphatic rings. The summed E-state index contributed by atoms with van der Waals surface area (Å²) in [5.74, 6) is 0.730. The van der Waals surface area contributed by atoms with Crippen molar-refractivity contribution in [1.29, 1.82) is 0 Å². The van der Waals surface area contributed by atoms with Crippen LogP contribution in [0.25, 0.3) is 5.82 Å². The summed E-state index contributed by atoms with van der Waals surface area (Å²) in [6.45, 7) is 2.01. The molecule has 1 N–H and O–H groups in total. The van der Waals surface area contributed by atoms with Crippen LogP contribution in [-0.4, -0.2) is 30.8 Å². The number of hydrogen-bond donors (Lipinski definition) is 1. The molecular formula is C14H14N4O2. The molecule has 2 heterocycles. The molecule has 0 spiro atoms. The molecule has 0 amide bonds. The molecule has 0 saturated heterocycles. The molecule has 2 aliphatic carbocycles. The Morgan fingerprint density at radius 2 is 2.35 bits per heavy atom. The van der Waals surface area contributed by atoms with E-state index in [0.29, 0.717) is 17.7 Å². The highest BCUT2D eigenvalue weighted by Gasteiger charge is 2.50. The van der Waals surface area contributed by atoms with E-state index in [4.69, 9.17) is 0 Å². The molecule has 4 rings (SSSR count). The predicted octanol–water partition coefficient (Wildman–Crippen LogP) is 1.58. The quantitative estimate of drug-likeness (QED) is 0.915. The topological polar surface area (TPSA) is 80.9 Å². The number of carboxylic acid groups (broad SMARTS) is 1. The molecule has 0 aromatic carbocycles. The van der Waals surface area contributed by atoms with Crippen molar-refractivity contribution in [3.63, 3.8) is 0 Å². The predicted molar refractivity (Wildman–Crippen MR) is 70.0 cm³/mol. The Hall–Kier alpha value is -2.24. The number of nitrogens with zero attached hydrogens (tertiary/aromatic N) is 4. The molecule has 2 atom stereocenters. The van der Waals surface area contributed by atoms with Crippen molar-refractivity contribution in [1.82, 2.24) is 19.7 Å². The van der Waals surface area contributed by atoms with E-state index in [1.807, 2.05) is 6.92 Å². The van der Waals surface area contributed by atoms with Crippen LogP contribution < -0.4 is 0 Å². The Morgan fingerprint density at radius 1 is 1.50 bits per heavy atom. The molecule has 102 valence electrons. The zero-order chi connectivity index (χ0) is 13.9. The Labute approximate surface area is 115 Å². The fraction of sp³-hybridized carbons (Fsp3) is 0.429. The lowest BCUT2D eigenvalue weighted by Crippen LogP contribution is -2.07. The number of aryl methyl sites for hydroxylation is 1. The first kappa shape index (κ1) is 11.6. The highest BCUT2D eigenvalue weighted by Crippen LogP contribution is 2.57. The van der Waals surface area contributed by atoms with E-state index >= 15 is 0 Å². The van der Waals surface area contributed by atoms with Gasteiger partial charge >= 0.3 is 5.97 Å². The number of carboxylic acids is 1. The second-order valence-corrected chi connectivity index (χ2v) is 5.46. The van der Waals surface area contributed by atoms with E-state index in [1.165, 1.54) is 0 Å². The van der Waals surface area contributed by atoms with Gasteiger partial charge in [-0.1, -0.05) is 6.92 Å². The van der Waals surface area contributed by atoms with Crippen molar-refractivity contribution in [2.75, 3.05) is 0 Å². The van der Waals surface area contributed by atoms with Crippen LogP contribution in [0.3, 0.4) is 0 Å². The minimum absolute atomic E-state index is 0.177. The van der Waals surface area contributed by atoms with Gasteiger partial charge in [-0.15, -0.1) is 0 Å². The average molecular weight is 270 g/mol. The van der Waals surface area contributed by atoms with Gasteiger partial charge in [0.1, 0.15) is 0 Å². The number of carbonyl (C=O) groups is 1. The second-order valence-electron chi connectivity index (χ2n) is 5.46. The third-order valence-electron chi connectivity index (χ3n) is 4.22. The van der Waals surface area contributed by atoms with Gasteiger partial charge in [0, 0.05) is 17.7 Å². The Balaban J connectivity index is 1.90. The molecule has 0 aliphatic heterocycles. The van der Waals surface area contributed by atoms with Gasteiger partial charge in [-0.25, -0.2) is 14.5 Å². The van der Waals surface area contributed by atoms with Crippen LogP contribution in [0.4, 0.5) is 0 Å². The largest absolute Gasteiger partial charge is 0.476 e. The molecule has 1 saturated carbocycles. The van der Waals surface area contributed by atoms with Crippen molar-refractivity contribution in [3.05, 3.63) is 35.0 Å². The number of fused-ring (bicyclic) bond motifs is 3. The fourth-order valence-corrected chi connectivity index (χ4v) is 3.13. The molecule has 6 heteroatoms. The van der Waals surface area contributed by atoms with Gasteiger partial charge in [0.05, 0.1) is 17.6 Å². The van der Waals surface area contributed by atoms with E-state index in [-0.39, 0.29) is 5.69 Å². The summed E-state index contributed by atoms with van der Waals surface area (Å²) in [6, 6.07) is 0. The molecule has 20 heavy (non-hydrogen) atoms. The smallest absolute Gasteiger partial charge is 0.356 e. The van der Waals surface area contributed by atoms with Crippen LogP contribution in [0.2, 0.25) is 0 Å². The van der Waals surface area contributed by atoms with E-state index in [0.717, 1.165) is 36.2 Å². The molecule has 2 aromatic heterocycles. The van der Waals surface area contributed by atoms with E-state index in [1.54, 1.807) is 17.1 Å². The normalized spacial score (nSPS) is 22.4. The first-order valence-electron chi connectivity index (χ1n) is 6.85. The van der Waals surface area contributed by atoms with Gasteiger partial charge in [0.15, 0.2) is 11.5 Å². The number of hydrogen-bond acceptors (Lipinski definition) is 4. The maximum absolute atomic E-state index is 11.3. The maximum atomic E-state index is 11.3. The summed E-state index contributed by atoms with van der Waals surface area (Å²) in [6.07, 6.45) is 6.14. The third-order valence-corrected chi connectivity index (χ3v) is 4.22. The maximum Gasteiger partial charge on any atom is 0.356 e. The third kappa shape index (κ3) is 1.51. The van der Waals surface area contributed by atoms with Crippen molar-refractivity contribution in [2.45, 2.75) is 32.1 Å². The van der Waals surface area contributed by atoms with Gasteiger partial charge in [0.2, 0.25) is 0 Å². The van der Waals surface area contributed by atoms with Gasteiger partial charge in [-0.05, 0) is 25.2 Å². The zero-order valence-corrected chi connectivity index (χ0v) is 11.1. The van der Waals surface area contributed by atoms with Crippen LogP contribution in [0.15, 0.2) is 12.4 Å². The van der Waals surface area contributed by atoms with Crippen LogP contribution in [0, 0.1) is 5.92 Å². The minimum Gasteiger partial charge on any atom is -0.476 e. The Bertz CT molecular complexity index is 722. The lowest BCUT2D eigenvalue weighted by molar-refractivity contribution is 0.0688. The highest BCUT2D eigenvalue weighted by molar-refractivity contribution is 5.88. The van der Waals surface area contributed by atoms with Gasteiger partial charge in [-0.2, -0.15) is 5.10 Å². The van der Waals surface area contributed by atoms with Gasteiger partial charge in [-0.3, -0.25) is 4.98 Å². The first-order chi connectivity index (χ1) is 9.69. The Kier molecular flexibility index (Phi) is 2.24. The fourth-order valence-electron chi connectivity index (χ4n) is 3.13. The molecule has 0 radical (unpaired) electrons. The molecule has 1 fully saturated rings. The summed E-state index contributed by atoms with van der Waals surface area (Å²) in [7, 11) is 0. The van der Waals surface area contributed by atoms with Crippen molar-refractivity contribution < 1.29 is 9.90 Å². The average Bonchev–Trinajstić information content (AvgIpc) is 2.95. The van der Waals surface area contributed by atoms with Crippen LogP contribution in [0.5, 0.6) is 0 Å².